The van der Waals surface area contributed by atoms with Crippen molar-refractivity contribution in [1.29, 1.82) is 0 Å². The Morgan fingerprint density at radius 2 is 1.93 bits per heavy atom. The molecule has 0 radical (unpaired) electrons. The number of thiazole rings is 1. The number of hydrazone groups is 1. The zero-order chi connectivity index (χ0) is 19.1. The van der Waals surface area contributed by atoms with E-state index in [9.17, 15) is 4.79 Å². The van der Waals surface area contributed by atoms with Crippen LogP contribution in [-0.4, -0.2) is 24.3 Å². The first kappa shape index (κ1) is 18.6. The van der Waals surface area contributed by atoms with E-state index in [0.717, 1.165) is 22.0 Å². The molecule has 1 unspecified atom stereocenters. The second-order valence-corrected chi connectivity index (χ2v) is 6.52. The molecule has 2 aromatic carbocycles. The van der Waals surface area contributed by atoms with Crippen LogP contribution in [0.2, 0.25) is 0 Å². The van der Waals surface area contributed by atoms with Crippen molar-refractivity contribution >= 4 is 28.7 Å². The summed E-state index contributed by atoms with van der Waals surface area (Å²) in [6.07, 6.45) is 0.876. The third-order valence-corrected chi connectivity index (χ3v) is 4.51. The molecule has 3 aromatic rings. The smallest absolute Gasteiger partial charge is 0.351 e. The highest BCUT2D eigenvalue weighted by atomic mass is 32.1. The van der Waals surface area contributed by atoms with Crippen molar-refractivity contribution in [3.8, 4) is 5.75 Å². The summed E-state index contributed by atoms with van der Waals surface area (Å²) in [5.74, 6) is 0.115. The molecule has 7 heteroatoms. The number of esters is 1. The molecule has 3 rings (SSSR count). The molecule has 0 saturated carbocycles. The van der Waals surface area contributed by atoms with Crippen LogP contribution in [-0.2, 0) is 9.53 Å². The molecule has 0 aliphatic rings. The van der Waals surface area contributed by atoms with Crippen molar-refractivity contribution in [3.05, 3.63) is 76.8 Å². The predicted octanol–water partition coefficient (Wildman–Crippen LogP) is 4.19. The summed E-state index contributed by atoms with van der Waals surface area (Å²) < 4.78 is 10.7. The van der Waals surface area contributed by atoms with Crippen LogP contribution >= 0.6 is 11.3 Å². The molecule has 138 valence electrons. The highest BCUT2D eigenvalue weighted by molar-refractivity contribution is 7.13. The number of anilines is 1. The minimum atomic E-state index is -0.814. The van der Waals surface area contributed by atoms with Crippen LogP contribution in [0.25, 0.3) is 0 Å². The largest absolute Gasteiger partial charge is 0.474 e. The molecule has 0 fully saturated rings. The van der Waals surface area contributed by atoms with Crippen LogP contribution in [0.3, 0.4) is 0 Å². The van der Waals surface area contributed by atoms with Crippen molar-refractivity contribution in [3.63, 3.8) is 0 Å². The first-order chi connectivity index (χ1) is 13.2. The second-order valence-electron chi connectivity index (χ2n) is 5.66. The molecule has 1 N–H and O–H groups in total. The Morgan fingerprint density at radius 3 is 2.56 bits per heavy atom. The van der Waals surface area contributed by atoms with E-state index in [1.165, 1.54) is 18.4 Å². The summed E-state index contributed by atoms with van der Waals surface area (Å²) in [6, 6.07) is 16.5. The number of benzene rings is 2. The highest BCUT2D eigenvalue weighted by Gasteiger charge is 2.23. The number of methoxy groups -OCH3 is 1. The average molecular weight is 381 g/mol. The van der Waals surface area contributed by atoms with Crippen LogP contribution < -0.4 is 10.2 Å². The normalized spacial score (nSPS) is 11.9. The third-order valence-electron chi connectivity index (χ3n) is 3.64. The molecular weight excluding hydrogens is 362 g/mol. The predicted molar refractivity (Wildman–Crippen MR) is 106 cm³/mol. The topological polar surface area (TPSA) is 72.8 Å². The van der Waals surface area contributed by atoms with Gasteiger partial charge in [-0.2, -0.15) is 5.10 Å². The monoisotopic (exact) mass is 381 g/mol. The molecule has 1 aromatic heterocycles. The number of aryl methyl sites for hydroxylation is 1. The van der Waals surface area contributed by atoms with Crippen molar-refractivity contribution in [2.24, 2.45) is 5.10 Å². The standard InChI is InChI=1S/C20H19N3O3S/c1-14-13-27-20(22-14)23-21-12-15-8-10-17(11-9-15)26-18(19(24)25-2)16-6-4-3-5-7-16/h3-13,18H,1-2H3,(H,22,23). The number of carbonyl (C=O) groups is 1. The van der Waals surface area contributed by atoms with Gasteiger partial charge in [0.25, 0.3) is 0 Å². The number of carbonyl (C=O) groups excluding carboxylic acids is 1. The first-order valence-corrected chi connectivity index (χ1v) is 9.14. The van der Waals surface area contributed by atoms with Gasteiger partial charge in [-0.05, 0) is 36.8 Å². The van der Waals surface area contributed by atoms with Gasteiger partial charge in [-0.1, -0.05) is 30.3 Å². The van der Waals surface area contributed by atoms with Crippen molar-refractivity contribution in [1.82, 2.24) is 4.98 Å². The molecule has 0 saturated heterocycles. The number of aromatic nitrogens is 1. The molecule has 1 atom stereocenters. The Labute approximate surface area is 161 Å². The molecule has 27 heavy (non-hydrogen) atoms. The van der Waals surface area contributed by atoms with E-state index in [2.05, 4.69) is 15.5 Å². The molecular formula is C20H19N3O3S. The summed E-state index contributed by atoms with van der Waals surface area (Å²) >= 11 is 1.50. The number of nitrogens with zero attached hydrogens (tertiary/aromatic N) is 2. The Balaban J connectivity index is 1.65. The summed E-state index contributed by atoms with van der Waals surface area (Å²) in [5, 5.41) is 6.86. The maximum atomic E-state index is 12.1. The van der Waals surface area contributed by atoms with E-state index < -0.39 is 12.1 Å². The van der Waals surface area contributed by atoms with Gasteiger partial charge >= 0.3 is 5.97 Å². The van der Waals surface area contributed by atoms with Gasteiger partial charge < -0.3 is 9.47 Å². The Hall–Kier alpha value is -3.19. The van der Waals surface area contributed by atoms with Gasteiger partial charge in [0.1, 0.15) is 5.75 Å². The summed E-state index contributed by atoms with van der Waals surface area (Å²) in [4.78, 5) is 16.4. The van der Waals surface area contributed by atoms with E-state index >= 15 is 0 Å². The SMILES string of the molecule is COC(=O)C(Oc1ccc(C=NNc2nc(C)cs2)cc1)c1ccccc1. The molecule has 1 heterocycles. The summed E-state index contributed by atoms with van der Waals surface area (Å²) in [7, 11) is 1.35. The lowest BCUT2D eigenvalue weighted by molar-refractivity contribution is -0.149. The lowest BCUT2D eigenvalue weighted by Gasteiger charge is -2.17. The summed E-state index contributed by atoms with van der Waals surface area (Å²) in [6.45, 7) is 1.93. The molecule has 0 spiro atoms. The number of rotatable bonds is 7. The molecule has 0 aliphatic carbocycles. The minimum Gasteiger partial charge on any atom is -0.474 e. The van der Waals surface area contributed by atoms with E-state index in [4.69, 9.17) is 9.47 Å². The average Bonchev–Trinajstić information content (AvgIpc) is 3.12. The molecule has 0 bridgehead atoms. The number of hydrogen-bond acceptors (Lipinski definition) is 7. The second kappa shape index (κ2) is 8.95. The van der Waals surface area contributed by atoms with Gasteiger partial charge in [0.05, 0.1) is 19.0 Å². The van der Waals surface area contributed by atoms with Crippen LogP contribution in [0, 0.1) is 6.92 Å². The fourth-order valence-electron chi connectivity index (χ4n) is 2.32. The van der Waals surface area contributed by atoms with Crippen LogP contribution in [0.15, 0.2) is 65.1 Å². The van der Waals surface area contributed by atoms with Gasteiger partial charge in [0.15, 0.2) is 0 Å². The van der Waals surface area contributed by atoms with Gasteiger partial charge in [-0.25, -0.2) is 9.78 Å². The fraction of sp³-hybridized carbons (Fsp3) is 0.150. The fourth-order valence-corrected chi connectivity index (χ4v) is 2.96. The van der Waals surface area contributed by atoms with Gasteiger partial charge in [-0.3, -0.25) is 5.43 Å². The van der Waals surface area contributed by atoms with Crippen molar-refractivity contribution in [2.75, 3.05) is 12.5 Å². The number of nitrogens with one attached hydrogen (secondary N) is 1. The van der Waals surface area contributed by atoms with Crippen LogP contribution in [0.5, 0.6) is 5.75 Å². The number of ether oxygens (including phenoxy) is 2. The molecule has 6 nitrogen and oxygen atoms in total. The lowest BCUT2D eigenvalue weighted by atomic mass is 10.1. The highest BCUT2D eigenvalue weighted by Crippen LogP contribution is 2.23. The summed E-state index contributed by atoms with van der Waals surface area (Å²) in [5.41, 5.74) is 5.47. The quantitative estimate of drug-likeness (QED) is 0.377. The minimum absolute atomic E-state index is 0.449. The van der Waals surface area contributed by atoms with Crippen LogP contribution in [0.4, 0.5) is 5.13 Å². The lowest BCUT2D eigenvalue weighted by Crippen LogP contribution is -2.20. The maximum Gasteiger partial charge on any atom is 0.351 e. The van der Waals surface area contributed by atoms with Crippen molar-refractivity contribution in [2.45, 2.75) is 13.0 Å². The molecule has 0 amide bonds. The Morgan fingerprint density at radius 1 is 1.19 bits per heavy atom. The van der Waals surface area contributed by atoms with E-state index in [0.29, 0.717) is 5.75 Å². The van der Waals surface area contributed by atoms with Gasteiger partial charge in [0, 0.05) is 10.9 Å². The van der Waals surface area contributed by atoms with E-state index in [-0.39, 0.29) is 0 Å². The van der Waals surface area contributed by atoms with E-state index in [1.807, 2.05) is 54.8 Å². The van der Waals surface area contributed by atoms with Crippen molar-refractivity contribution < 1.29 is 14.3 Å². The first-order valence-electron chi connectivity index (χ1n) is 8.26. The zero-order valence-electron chi connectivity index (χ0n) is 15.0. The van der Waals surface area contributed by atoms with Gasteiger partial charge in [0.2, 0.25) is 11.2 Å². The zero-order valence-corrected chi connectivity index (χ0v) is 15.8. The number of hydrogen-bond donors (Lipinski definition) is 1. The van der Waals surface area contributed by atoms with Gasteiger partial charge in [-0.15, -0.1) is 11.3 Å². The third kappa shape index (κ3) is 5.15. The van der Waals surface area contributed by atoms with E-state index in [1.54, 1.807) is 18.3 Å². The Kier molecular flexibility index (Phi) is 6.17. The van der Waals surface area contributed by atoms with Crippen LogP contribution in [0.1, 0.15) is 22.9 Å². The Bertz CT molecular complexity index is 908. The molecule has 0 aliphatic heterocycles. The maximum absolute atomic E-state index is 12.1.